The van der Waals surface area contributed by atoms with E-state index in [0.29, 0.717) is 5.57 Å². The Morgan fingerprint density at radius 1 is 1.69 bits per heavy atom. The van der Waals surface area contributed by atoms with Gasteiger partial charge in [-0.1, -0.05) is 6.58 Å². The molecule has 0 amide bonds. The quantitative estimate of drug-likeness (QED) is 0.636. The fourth-order valence-electron chi connectivity index (χ4n) is 1.66. The van der Waals surface area contributed by atoms with Crippen molar-refractivity contribution in [2.24, 2.45) is 0 Å². The average Bonchev–Trinajstić information content (AvgIpc) is 2.46. The molecule has 0 saturated carbocycles. The predicted octanol–water partition coefficient (Wildman–Crippen LogP) is -0.340. The van der Waals surface area contributed by atoms with Crippen LogP contribution in [-0.2, 0) is 4.74 Å². The van der Waals surface area contributed by atoms with E-state index < -0.39 is 18.0 Å². The fraction of sp³-hybridized carbons (Fsp3) is 0.400. The van der Waals surface area contributed by atoms with Gasteiger partial charge in [-0.15, -0.1) is 0 Å². The summed E-state index contributed by atoms with van der Waals surface area (Å²) in [6.07, 6.45) is -0.354. The Balaban J connectivity index is 2.39. The number of nitrogens with two attached hydrogens (primary N) is 1. The van der Waals surface area contributed by atoms with Crippen molar-refractivity contribution in [3.63, 3.8) is 0 Å². The third kappa shape index (κ3) is 1.62. The van der Waals surface area contributed by atoms with Gasteiger partial charge in [-0.25, -0.2) is 4.79 Å². The minimum absolute atomic E-state index is 0.151. The molecule has 3 atom stereocenters. The smallest absolute Gasteiger partial charge is 0.351 e. The van der Waals surface area contributed by atoms with Gasteiger partial charge in [0.2, 0.25) is 0 Å². The highest BCUT2D eigenvalue weighted by Crippen LogP contribution is 2.31. The SMILES string of the molecule is C=C1[C@@H](O)[C@@H](C)O[C@H]1n1ccc(N)nc1=O. The number of aliphatic hydroxyl groups excluding tert-OH is 1. The number of aliphatic hydroxyl groups is 1. The van der Waals surface area contributed by atoms with Crippen molar-refractivity contribution >= 4 is 5.82 Å². The van der Waals surface area contributed by atoms with Crippen LogP contribution >= 0.6 is 0 Å². The van der Waals surface area contributed by atoms with Gasteiger partial charge in [0, 0.05) is 11.8 Å². The number of ether oxygens (including phenoxy) is 1. The first-order chi connectivity index (χ1) is 7.50. The zero-order valence-electron chi connectivity index (χ0n) is 8.83. The summed E-state index contributed by atoms with van der Waals surface area (Å²) in [5.41, 5.74) is 5.30. The van der Waals surface area contributed by atoms with Crippen LogP contribution in [0.4, 0.5) is 5.82 Å². The second kappa shape index (κ2) is 3.73. The summed E-state index contributed by atoms with van der Waals surface area (Å²) in [5.74, 6) is 0.151. The van der Waals surface area contributed by atoms with E-state index in [9.17, 15) is 9.90 Å². The van der Waals surface area contributed by atoms with Crippen LogP contribution in [0.25, 0.3) is 0 Å². The number of hydrogen-bond donors (Lipinski definition) is 2. The van der Waals surface area contributed by atoms with Gasteiger partial charge in [-0.3, -0.25) is 4.57 Å². The van der Waals surface area contributed by atoms with Gasteiger partial charge in [0.05, 0.1) is 6.10 Å². The maximum Gasteiger partial charge on any atom is 0.351 e. The molecule has 1 fully saturated rings. The van der Waals surface area contributed by atoms with E-state index in [2.05, 4.69) is 11.6 Å². The van der Waals surface area contributed by atoms with Crippen molar-refractivity contribution in [1.29, 1.82) is 0 Å². The largest absolute Gasteiger partial charge is 0.386 e. The molecule has 6 nitrogen and oxygen atoms in total. The van der Waals surface area contributed by atoms with Gasteiger partial charge in [0.1, 0.15) is 11.9 Å². The van der Waals surface area contributed by atoms with Gasteiger partial charge in [-0.2, -0.15) is 4.98 Å². The van der Waals surface area contributed by atoms with E-state index >= 15 is 0 Å². The van der Waals surface area contributed by atoms with E-state index in [0.717, 1.165) is 0 Å². The van der Waals surface area contributed by atoms with Gasteiger partial charge in [0.25, 0.3) is 0 Å². The molecule has 0 aromatic carbocycles. The lowest BCUT2D eigenvalue weighted by atomic mass is 10.1. The minimum Gasteiger partial charge on any atom is -0.386 e. The maximum atomic E-state index is 11.6. The molecule has 2 heterocycles. The van der Waals surface area contributed by atoms with Crippen LogP contribution in [0.2, 0.25) is 0 Å². The van der Waals surface area contributed by atoms with Crippen LogP contribution in [0.3, 0.4) is 0 Å². The fourth-order valence-corrected chi connectivity index (χ4v) is 1.66. The first kappa shape index (κ1) is 10.8. The number of rotatable bonds is 1. The third-order valence-electron chi connectivity index (χ3n) is 2.59. The summed E-state index contributed by atoms with van der Waals surface area (Å²) < 4.78 is 6.68. The molecule has 3 N–H and O–H groups in total. The molecular weight excluding hydrogens is 210 g/mol. The Kier molecular flexibility index (Phi) is 2.53. The molecular formula is C10H13N3O3. The number of hydrogen-bond acceptors (Lipinski definition) is 5. The zero-order valence-corrected chi connectivity index (χ0v) is 8.83. The molecule has 86 valence electrons. The highest BCUT2D eigenvalue weighted by Gasteiger charge is 2.36. The summed E-state index contributed by atoms with van der Waals surface area (Å²) in [7, 11) is 0. The van der Waals surface area contributed by atoms with Gasteiger partial charge in [-0.05, 0) is 13.0 Å². The number of anilines is 1. The van der Waals surface area contributed by atoms with E-state index in [1.807, 2.05) is 0 Å². The predicted molar refractivity (Wildman–Crippen MR) is 57.6 cm³/mol. The third-order valence-corrected chi connectivity index (χ3v) is 2.59. The molecule has 0 radical (unpaired) electrons. The second-order valence-electron chi connectivity index (χ2n) is 3.76. The van der Waals surface area contributed by atoms with Crippen molar-refractivity contribution in [3.8, 4) is 0 Å². The lowest BCUT2D eigenvalue weighted by Gasteiger charge is -2.14. The minimum atomic E-state index is -0.769. The topological polar surface area (TPSA) is 90.4 Å². The maximum absolute atomic E-state index is 11.6. The molecule has 1 aromatic rings. The van der Waals surface area contributed by atoms with E-state index in [4.69, 9.17) is 10.5 Å². The highest BCUT2D eigenvalue weighted by atomic mass is 16.5. The Morgan fingerprint density at radius 3 is 2.88 bits per heavy atom. The Hall–Kier alpha value is -1.66. The van der Waals surface area contributed by atoms with E-state index in [-0.39, 0.29) is 11.9 Å². The normalized spacial score (nSPS) is 29.6. The molecule has 6 heteroatoms. The van der Waals surface area contributed by atoms with Gasteiger partial charge >= 0.3 is 5.69 Å². The van der Waals surface area contributed by atoms with Crippen molar-refractivity contribution in [2.75, 3.05) is 5.73 Å². The van der Waals surface area contributed by atoms with Crippen molar-refractivity contribution in [3.05, 3.63) is 34.9 Å². The summed E-state index contributed by atoms with van der Waals surface area (Å²) in [4.78, 5) is 15.1. The first-order valence-corrected chi connectivity index (χ1v) is 4.87. The first-order valence-electron chi connectivity index (χ1n) is 4.87. The molecule has 2 rings (SSSR count). The van der Waals surface area contributed by atoms with Crippen LogP contribution in [0.15, 0.2) is 29.2 Å². The molecule has 0 aliphatic carbocycles. The number of aromatic nitrogens is 2. The highest BCUT2D eigenvalue weighted by molar-refractivity contribution is 5.24. The molecule has 0 spiro atoms. The molecule has 1 aliphatic rings. The van der Waals surface area contributed by atoms with Crippen LogP contribution < -0.4 is 11.4 Å². The lowest BCUT2D eigenvalue weighted by Crippen LogP contribution is -2.27. The molecule has 1 aliphatic heterocycles. The van der Waals surface area contributed by atoms with E-state index in [1.54, 1.807) is 6.92 Å². The second-order valence-corrected chi connectivity index (χ2v) is 3.76. The lowest BCUT2D eigenvalue weighted by molar-refractivity contribution is -0.00759. The van der Waals surface area contributed by atoms with Gasteiger partial charge in [0.15, 0.2) is 6.23 Å². The summed E-state index contributed by atoms with van der Waals surface area (Å²) in [6, 6.07) is 1.49. The number of nitrogen functional groups attached to an aromatic ring is 1. The standard InChI is InChI=1S/C10H13N3O3/c1-5-8(14)6(2)16-9(5)13-4-3-7(11)12-10(13)15/h3-4,6,8-9,14H,1H2,2H3,(H2,11,12,15)/t6-,8-,9-/m1/s1. The summed E-state index contributed by atoms with van der Waals surface area (Å²) >= 11 is 0. The summed E-state index contributed by atoms with van der Waals surface area (Å²) in [6.45, 7) is 5.43. The molecule has 0 unspecified atom stereocenters. The van der Waals surface area contributed by atoms with Crippen LogP contribution in [-0.4, -0.2) is 26.9 Å². The number of nitrogens with zero attached hydrogens (tertiary/aromatic N) is 2. The Morgan fingerprint density at radius 2 is 2.38 bits per heavy atom. The molecule has 16 heavy (non-hydrogen) atoms. The molecule has 1 saturated heterocycles. The van der Waals surface area contributed by atoms with Crippen molar-refractivity contribution < 1.29 is 9.84 Å². The van der Waals surface area contributed by atoms with Crippen LogP contribution in [0.5, 0.6) is 0 Å². The van der Waals surface area contributed by atoms with Crippen molar-refractivity contribution in [2.45, 2.75) is 25.4 Å². The monoisotopic (exact) mass is 223 g/mol. The molecule has 0 bridgehead atoms. The van der Waals surface area contributed by atoms with Crippen LogP contribution in [0, 0.1) is 0 Å². The zero-order chi connectivity index (χ0) is 11.9. The molecule has 1 aromatic heterocycles. The summed E-state index contributed by atoms with van der Waals surface area (Å²) in [5, 5.41) is 9.66. The van der Waals surface area contributed by atoms with Crippen molar-refractivity contribution in [1.82, 2.24) is 9.55 Å². The Bertz CT molecular complexity index is 482. The van der Waals surface area contributed by atoms with Gasteiger partial charge < -0.3 is 15.6 Å². The van der Waals surface area contributed by atoms with Crippen LogP contribution in [0.1, 0.15) is 13.2 Å². The Labute approximate surface area is 92.0 Å². The van der Waals surface area contributed by atoms with E-state index in [1.165, 1.54) is 16.8 Å². The average molecular weight is 223 g/mol.